The standard InChI is InChI=1S/C13H17Cl2NO2/c1-3-8-16(10(4-2)13(17)18)11-7-5-6-9(14)12(11)15/h5-7,10H,3-4,8H2,1-2H3,(H,17,18). The molecular formula is C13H17Cl2NO2. The Morgan fingerprint density at radius 3 is 2.56 bits per heavy atom. The summed E-state index contributed by atoms with van der Waals surface area (Å²) in [4.78, 5) is 13.1. The first-order valence-corrected chi connectivity index (χ1v) is 6.71. The van der Waals surface area contributed by atoms with Gasteiger partial charge in [-0.2, -0.15) is 0 Å². The summed E-state index contributed by atoms with van der Waals surface area (Å²) in [6.45, 7) is 4.48. The highest BCUT2D eigenvalue weighted by atomic mass is 35.5. The number of hydrogen-bond donors (Lipinski definition) is 1. The molecule has 18 heavy (non-hydrogen) atoms. The van der Waals surface area contributed by atoms with E-state index in [0.29, 0.717) is 28.7 Å². The second-order valence-electron chi connectivity index (χ2n) is 4.03. The summed E-state index contributed by atoms with van der Waals surface area (Å²) in [5.74, 6) is -0.845. The highest BCUT2D eigenvalue weighted by molar-refractivity contribution is 6.43. The number of carboxylic acid groups (broad SMARTS) is 1. The molecule has 1 unspecified atom stereocenters. The predicted molar refractivity (Wildman–Crippen MR) is 75.8 cm³/mol. The normalized spacial score (nSPS) is 12.2. The van der Waals surface area contributed by atoms with Gasteiger partial charge in [0, 0.05) is 6.54 Å². The summed E-state index contributed by atoms with van der Waals surface area (Å²) in [5.41, 5.74) is 0.681. The third kappa shape index (κ3) is 3.30. The molecule has 0 amide bonds. The van der Waals surface area contributed by atoms with Gasteiger partial charge >= 0.3 is 5.97 Å². The average molecular weight is 290 g/mol. The number of aliphatic carboxylic acids is 1. The molecule has 0 aliphatic carbocycles. The van der Waals surface area contributed by atoms with Gasteiger partial charge in [-0.3, -0.25) is 0 Å². The molecule has 0 aliphatic heterocycles. The summed E-state index contributed by atoms with van der Waals surface area (Å²) >= 11 is 12.1. The molecule has 0 saturated heterocycles. The molecule has 0 saturated carbocycles. The first-order chi connectivity index (χ1) is 8.52. The molecule has 0 radical (unpaired) electrons. The fourth-order valence-corrected chi connectivity index (χ4v) is 2.33. The van der Waals surface area contributed by atoms with Gasteiger partial charge in [0.15, 0.2) is 0 Å². The Bertz CT molecular complexity index is 423. The monoisotopic (exact) mass is 289 g/mol. The van der Waals surface area contributed by atoms with Gasteiger partial charge in [0.05, 0.1) is 15.7 Å². The van der Waals surface area contributed by atoms with Crippen molar-refractivity contribution in [1.29, 1.82) is 0 Å². The maximum Gasteiger partial charge on any atom is 0.326 e. The van der Waals surface area contributed by atoms with E-state index in [1.807, 2.05) is 13.8 Å². The van der Waals surface area contributed by atoms with E-state index in [0.717, 1.165) is 6.42 Å². The molecular weight excluding hydrogens is 273 g/mol. The van der Waals surface area contributed by atoms with Crippen molar-refractivity contribution in [2.75, 3.05) is 11.4 Å². The van der Waals surface area contributed by atoms with E-state index in [2.05, 4.69) is 0 Å². The molecule has 0 aliphatic rings. The minimum atomic E-state index is -0.845. The Hall–Kier alpha value is -0.930. The molecule has 1 rings (SSSR count). The molecule has 0 fully saturated rings. The van der Waals surface area contributed by atoms with Gasteiger partial charge in [-0.25, -0.2) is 4.79 Å². The second-order valence-corrected chi connectivity index (χ2v) is 4.81. The molecule has 0 spiro atoms. The third-order valence-corrected chi connectivity index (χ3v) is 3.56. The topological polar surface area (TPSA) is 40.5 Å². The molecule has 0 bridgehead atoms. The van der Waals surface area contributed by atoms with Crippen LogP contribution in [0.3, 0.4) is 0 Å². The summed E-state index contributed by atoms with van der Waals surface area (Å²) in [7, 11) is 0. The Labute approximate surface area is 117 Å². The number of carboxylic acids is 1. The Balaban J connectivity index is 3.18. The van der Waals surface area contributed by atoms with E-state index < -0.39 is 12.0 Å². The summed E-state index contributed by atoms with van der Waals surface area (Å²) in [6, 6.07) is 4.69. The van der Waals surface area contributed by atoms with Crippen LogP contribution in [0.15, 0.2) is 18.2 Å². The Morgan fingerprint density at radius 2 is 2.06 bits per heavy atom. The zero-order valence-electron chi connectivity index (χ0n) is 10.5. The summed E-state index contributed by atoms with van der Waals surface area (Å²) < 4.78 is 0. The van der Waals surface area contributed by atoms with Gasteiger partial charge in [-0.05, 0) is 25.0 Å². The first kappa shape index (κ1) is 15.1. The lowest BCUT2D eigenvalue weighted by atomic mass is 10.1. The quantitative estimate of drug-likeness (QED) is 0.858. The van der Waals surface area contributed by atoms with Gasteiger partial charge in [-0.1, -0.05) is 43.1 Å². The summed E-state index contributed by atoms with van der Waals surface area (Å²) in [5, 5.41) is 10.1. The molecule has 0 heterocycles. The highest BCUT2D eigenvalue weighted by Gasteiger charge is 2.25. The molecule has 100 valence electrons. The van der Waals surface area contributed by atoms with E-state index in [4.69, 9.17) is 23.2 Å². The maximum absolute atomic E-state index is 11.3. The van der Waals surface area contributed by atoms with Gasteiger partial charge in [0.1, 0.15) is 6.04 Å². The number of rotatable bonds is 6. The van der Waals surface area contributed by atoms with Crippen LogP contribution in [0.1, 0.15) is 26.7 Å². The van der Waals surface area contributed by atoms with E-state index in [-0.39, 0.29) is 0 Å². The second kappa shape index (κ2) is 6.86. The van der Waals surface area contributed by atoms with Crippen molar-refractivity contribution in [2.24, 2.45) is 0 Å². The maximum atomic E-state index is 11.3. The van der Waals surface area contributed by atoms with Gasteiger partial charge in [-0.15, -0.1) is 0 Å². The first-order valence-electron chi connectivity index (χ1n) is 5.96. The van der Waals surface area contributed by atoms with Crippen molar-refractivity contribution < 1.29 is 9.90 Å². The Morgan fingerprint density at radius 1 is 1.39 bits per heavy atom. The van der Waals surface area contributed by atoms with E-state index in [1.54, 1.807) is 23.1 Å². The summed E-state index contributed by atoms with van der Waals surface area (Å²) in [6.07, 6.45) is 1.35. The number of nitrogens with zero attached hydrogens (tertiary/aromatic N) is 1. The van der Waals surface area contributed by atoms with E-state index in [1.165, 1.54) is 0 Å². The van der Waals surface area contributed by atoms with Crippen LogP contribution in [-0.4, -0.2) is 23.7 Å². The Kier molecular flexibility index (Phi) is 5.76. The van der Waals surface area contributed by atoms with Crippen molar-refractivity contribution in [2.45, 2.75) is 32.7 Å². The zero-order chi connectivity index (χ0) is 13.7. The van der Waals surface area contributed by atoms with Crippen LogP contribution in [0.5, 0.6) is 0 Å². The van der Waals surface area contributed by atoms with Crippen LogP contribution < -0.4 is 4.90 Å². The van der Waals surface area contributed by atoms with Crippen LogP contribution in [0.2, 0.25) is 10.0 Å². The minimum Gasteiger partial charge on any atom is -0.480 e. The van der Waals surface area contributed by atoms with Crippen molar-refractivity contribution in [3.8, 4) is 0 Å². The molecule has 3 nitrogen and oxygen atoms in total. The van der Waals surface area contributed by atoms with E-state index >= 15 is 0 Å². The number of benzene rings is 1. The zero-order valence-corrected chi connectivity index (χ0v) is 12.0. The highest BCUT2D eigenvalue weighted by Crippen LogP contribution is 2.34. The van der Waals surface area contributed by atoms with Crippen LogP contribution in [0.25, 0.3) is 0 Å². The van der Waals surface area contributed by atoms with Crippen molar-refractivity contribution in [3.05, 3.63) is 28.2 Å². The van der Waals surface area contributed by atoms with E-state index in [9.17, 15) is 9.90 Å². The minimum absolute atomic E-state index is 0.410. The number of halogens is 2. The van der Waals surface area contributed by atoms with Gasteiger partial charge < -0.3 is 10.0 Å². The van der Waals surface area contributed by atoms with Crippen LogP contribution in [0.4, 0.5) is 5.69 Å². The number of carbonyl (C=O) groups is 1. The smallest absolute Gasteiger partial charge is 0.326 e. The lowest BCUT2D eigenvalue weighted by molar-refractivity contribution is -0.138. The fourth-order valence-electron chi connectivity index (χ4n) is 1.93. The predicted octanol–water partition coefficient (Wildman–Crippen LogP) is 4.07. The molecule has 1 aromatic rings. The molecule has 0 aromatic heterocycles. The van der Waals surface area contributed by atoms with Gasteiger partial charge in [0.2, 0.25) is 0 Å². The molecule has 1 N–H and O–H groups in total. The van der Waals surface area contributed by atoms with Crippen LogP contribution >= 0.6 is 23.2 Å². The number of anilines is 1. The molecule has 5 heteroatoms. The number of hydrogen-bond acceptors (Lipinski definition) is 2. The largest absolute Gasteiger partial charge is 0.480 e. The van der Waals surface area contributed by atoms with Crippen LogP contribution in [-0.2, 0) is 4.79 Å². The van der Waals surface area contributed by atoms with Crippen molar-refractivity contribution in [1.82, 2.24) is 0 Å². The van der Waals surface area contributed by atoms with Crippen molar-refractivity contribution in [3.63, 3.8) is 0 Å². The fraction of sp³-hybridized carbons (Fsp3) is 0.462. The van der Waals surface area contributed by atoms with Crippen LogP contribution in [0, 0.1) is 0 Å². The lowest BCUT2D eigenvalue weighted by Crippen LogP contribution is -2.41. The SMILES string of the molecule is CCCN(c1cccc(Cl)c1Cl)C(CC)C(=O)O. The van der Waals surface area contributed by atoms with Gasteiger partial charge in [0.25, 0.3) is 0 Å². The molecule has 1 aromatic carbocycles. The molecule has 1 atom stereocenters. The van der Waals surface area contributed by atoms with Crippen molar-refractivity contribution >= 4 is 34.9 Å². The lowest BCUT2D eigenvalue weighted by Gasteiger charge is -2.31. The third-order valence-electron chi connectivity index (χ3n) is 2.75. The average Bonchev–Trinajstić information content (AvgIpc) is 2.32.